The highest BCUT2D eigenvalue weighted by Crippen LogP contribution is 2.56. The summed E-state index contributed by atoms with van der Waals surface area (Å²) in [6.45, 7) is 21.1. The van der Waals surface area contributed by atoms with Gasteiger partial charge in [-0.15, -0.1) is 0 Å². The maximum absolute atomic E-state index is 2.74. The topological polar surface area (TPSA) is 11.4 Å². The molecule has 3 nitrogen and oxygen atoms in total. The summed E-state index contributed by atoms with van der Waals surface area (Å²) in [5, 5.41) is 7.39. The van der Waals surface area contributed by atoms with Crippen molar-refractivity contribution in [1.29, 1.82) is 0 Å². The number of fused-ring (bicyclic) bond motifs is 9. The first-order valence-corrected chi connectivity index (χ1v) is 34.1. The van der Waals surface area contributed by atoms with E-state index in [1.54, 1.807) is 0 Å². The smallest absolute Gasteiger partial charge is 0.252 e. The van der Waals surface area contributed by atoms with Gasteiger partial charge in [0.2, 0.25) is 0 Å². The minimum atomic E-state index is -0.311. The number of aromatic nitrogens is 1. The van der Waals surface area contributed by atoms with E-state index >= 15 is 0 Å². The third kappa shape index (κ3) is 9.63. The van der Waals surface area contributed by atoms with E-state index in [0.717, 1.165) is 28.4 Å². The zero-order valence-electron chi connectivity index (χ0n) is 56.2. The van der Waals surface area contributed by atoms with Crippen molar-refractivity contribution in [2.45, 2.75) is 78.6 Å². The van der Waals surface area contributed by atoms with E-state index in [1.807, 2.05) is 0 Å². The summed E-state index contributed by atoms with van der Waals surface area (Å²) in [4.78, 5) is 5.47. The Morgan fingerprint density at radius 2 is 0.615 bits per heavy atom. The number of hydrogen-bond donors (Lipinski definition) is 0. The molecule has 14 aromatic carbocycles. The molecule has 0 bridgehead atoms. The molecule has 0 amide bonds. The largest absolute Gasteiger partial charge is 0.310 e. The van der Waals surface area contributed by atoms with Gasteiger partial charge in [0.25, 0.3) is 6.71 Å². The van der Waals surface area contributed by atoms with Crippen LogP contribution in [0.5, 0.6) is 0 Å². The standard InChI is InChI=1S/C92H76BN3/c1-90(2,3)66-52-74(59-30-14-10-15-31-59)88(75(53-66)60-32-16-11-17-33-60)95-82-51-65(86-70-40-24-22-38-63(70)50-64-39-23-25-41-71(64)86)46-48-78(82)93-79-49-47-69(94-80-44-28-26-42-72(80)73-43-27-29-45-81(73)94)58-83(79)96(85-57-68(92(7,8)9)56-84(95)87(85)93)89-76(61-34-18-12-19-35-61)54-67(91(4,5)6)55-77(89)62-36-20-13-21-37-62/h10-58H,1-9H3. The minimum absolute atomic E-state index is 0.178. The SMILES string of the molecule is CC(C)(C)c1cc(-c2ccccc2)c(N2c3cc(-c4c5ccccc5cc5ccccc45)ccc3B3c4ccc(-n5c6ccccc6c6ccccc65)cc4N(c4c(-c5ccccc5)cc(C(C)(C)C)cc4-c4ccccc4)c4cc(C(C)(C)C)cc2c43)c(-c2ccccc2)c1. The van der Waals surface area contributed by atoms with Gasteiger partial charge in [0.1, 0.15) is 0 Å². The lowest BCUT2D eigenvalue weighted by Crippen LogP contribution is -2.61. The van der Waals surface area contributed by atoms with Crippen LogP contribution in [0.2, 0.25) is 0 Å². The van der Waals surface area contributed by atoms with Crippen molar-refractivity contribution in [2.75, 3.05) is 9.80 Å². The number of para-hydroxylation sites is 2. The Kier molecular flexibility index (Phi) is 13.7. The highest BCUT2D eigenvalue weighted by Gasteiger charge is 2.46. The van der Waals surface area contributed by atoms with E-state index in [0.29, 0.717) is 0 Å². The molecule has 3 heterocycles. The molecule has 0 aliphatic carbocycles. The van der Waals surface area contributed by atoms with Gasteiger partial charge in [0.05, 0.1) is 22.4 Å². The fourth-order valence-electron chi connectivity index (χ4n) is 15.7. The lowest BCUT2D eigenvalue weighted by Gasteiger charge is -2.47. The first-order chi connectivity index (χ1) is 46.5. The molecule has 2 aliphatic heterocycles. The lowest BCUT2D eigenvalue weighted by atomic mass is 9.33. The van der Waals surface area contributed by atoms with Crippen molar-refractivity contribution in [3.8, 4) is 61.3 Å². The van der Waals surface area contributed by atoms with Crippen molar-refractivity contribution in [1.82, 2.24) is 4.57 Å². The molecule has 0 unspecified atom stereocenters. The second-order valence-corrected chi connectivity index (χ2v) is 29.7. The molecule has 0 fully saturated rings. The van der Waals surface area contributed by atoms with Gasteiger partial charge in [-0.1, -0.05) is 287 Å². The van der Waals surface area contributed by atoms with Crippen LogP contribution in [0.4, 0.5) is 34.1 Å². The Hall–Kier alpha value is -10.9. The maximum Gasteiger partial charge on any atom is 0.252 e. The number of benzene rings is 14. The Morgan fingerprint density at radius 3 is 1.02 bits per heavy atom. The van der Waals surface area contributed by atoms with Crippen LogP contribution < -0.4 is 26.2 Å². The molecular formula is C92H76BN3. The average Bonchev–Trinajstić information content (AvgIpc) is 0.778. The van der Waals surface area contributed by atoms with E-state index in [-0.39, 0.29) is 23.0 Å². The molecule has 17 rings (SSSR count). The molecule has 0 N–H and O–H groups in total. The zero-order valence-corrected chi connectivity index (χ0v) is 56.2. The van der Waals surface area contributed by atoms with Crippen LogP contribution in [0.15, 0.2) is 297 Å². The monoisotopic (exact) mass is 1230 g/mol. The Labute approximate surface area is 565 Å². The highest BCUT2D eigenvalue weighted by molar-refractivity contribution is 7.00. The van der Waals surface area contributed by atoms with E-state index < -0.39 is 0 Å². The fraction of sp³-hybridized carbons (Fsp3) is 0.130. The van der Waals surface area contributed by atoms with Gasteiger partial charge in [0, 0.05) is 61.5 Å². The van der Waals surface area contributed by atoms with Gasteiger partial charge >= 0.3 is 0 Å². The second kappa shape index (κ2) is 22.4. The summed E-state index contributed by atoms with van der Waals surface area (Å²) in [5.74, 6) is 0. The van der Waals surface area contributed by atoms with Crippen LogP contribution in [-0.2, 0) is 16.2 Å². The van der Waals surface area contributed by atoms with Gasteiger partial charge in [-0.3, -0.25) is 0 Å². The molecule has 2 aliphatic rings. The first-order valence-electron chi connectivity index (χ1n) is 34.1. The maximum atomic E-state index is 2.74. The Morgan fingerprint density at radius 1 is 0.271 bits per heavy atom. The second-order valence-electron chi connectivity index (χ2n) is 29.7. The summed E-state index contributed by atoms with van der Waals surface area (Å²) in [6.07, 6.45) is 0. The molecule has 0 spiro atoms. The first kappa shape index (κ1) is 58.9. The van der Waals surface area contributed by atoms with Crippen LogP contribution in [0.25, 0.3) is 105 Å². The number of hydrogen-bond acceptors (Lipinski definition) is 2. The van der Waals surface area contributed by atoms with Crippen molar-refractivity contribution >= 4 is 101 Å². The predicted octanol–water partition coefficient (Wildman–Crippen LogP) is 23.4. The molecule has 0 radical (unpaired) electrons. The zero-order chi connectivity index (χ0) is 65.4. The average molecular weight is 1230 g/mol. The molecule has 96 heavy (non-hydrogen) atoms. The Bertz CT molecular complexity index is 5360. The molecule has 15 aromatic rings. The van der Waals surface area contributed by atoms with E-state index in [2.05, 4.69) is 374 Å². The number of anilines is 6. The van der Waals surface area contributed by atoms with Gasteiger partial charge < -0.3 is 14.4 Å². The molecule has 1 aromatic heterocycles. The molecular weight excluding hydrogens is 1160 g/mol. The summed E-state index contributed by atoms with van der Waals surface area (Å²) < 4.78 is 2.50. The quantitative estimate of drug-likeness (QED) is 0.111. The molecule has 0 saturated heterocycles. The van der Waals surface area contributed by atoms with Gasteiger partial charge in [-0.25, -0.2) is 0 Å². The van der Waals surface area contributed by atoms with Crippen LogP contribution in [-0.4, -0.2) is 11.3 Å². The van der Waals surface area contributed by atoms with Gasteiger partial charge in [-0.2, -0.15) is 0 Å². The van der Waals surface area contributed by atoms with Crippen LogP contribution in [0.1, 0.15) is 79.0 Å². The fourth-order valence-corrected chi connectivity index (χ4v) is 15.7. The third-order valence-corrected chi connectivity index (χ3v) is 20.6. The normalized spacial score (nSPS) is 13.0. The highest BCUT2D eigenvalue weighted by atomic mass is 15.2. The van der Waals surface area contributed by atoms with Crippen LogP contribution >= 0.6 is 0 Å². The van der Waals surface area contributed by atoms with Crippen molar-refractivity contribution in [3.05, 3.63) is 314 Å². The molecule has 462 valence electrons. The van der Waals surface area contributed by atoms with E-state index in [1.165, 1.54) is 143 Å². The van der Waals surface area contributed by atoms with Crippen LogP contribution in [0.3, 0.4) is 0 Å². The van der Waals surface area contributed by atoms with Crippen molar-refractivity contribution in [3.63, 3.8) is 0 Å². The third-order valence-electron chi connectivity index (χ3n) is 20.6. The van der Waals surface area contributed by atoms with Crippen molar-refractivity contribution < 1.29 is 0 Å². The summed E-state index contributed by atoms with van der Waals surface area (Å²) in [6, 6.07) is 113. The molecule has 4 heteroatoms. The summed E-state index contributed by atoms with van der Waals surface area (Å²) in [7, 11) is 0. The molecule has 0 saturated carbocycles. The van der Waals surface area contributed by atoms with Gasteiger partial charge in [-0.05, 0) is 177 Å². The van der Waals surface area contributed by atoms with E-state index in [9.17, 15) is 0 Å². The lowest BCUT2D eigenvalue weighted by molar-refractivity contribution is 0.590. The van der Waals surface area contributed by atoms with Gasteiger partial charge in [0.15, 0.2) is 0 Å². The Balaban J connectivity index is 1.08. The van der Waals surface area contributed by atoms with Crippen LogP contribution in [0, 0.1) is 0 Å². The summed E-state index contributed by atoms with van der Waals surface area (Å²) >= 11 is 0. The summed E-state index contributed by atoms with van der Waals surface area (Å²) in [5.41, 5.74) is 29.1. The molecule has 0 atom stereocenters. The van der Waals surface area contributed by atoms with Crippen molar-refractivity contribution in [2.24, 2.45) is 0 Å². The number of rotatable bonds is 8. The minimum Gasteiger partial charge on any atom is -0.310 e. The predicted molar refractivity (Wildman–Crippen MR) is 413 cm³/mol. The number of nitrogens with zero attached hydrogens (tertiary/aromatic N) is 3. The van der Waals surface area contributed by atoms with E-state index in [4.69, 9.17) is 0 Å².